The van der Waals surface area contributed by atoms with Gasteiger partial charge >= 0.3 is 18.2 Å². The standard InChI is InChI=1S/C16H21N5O2.C2HF3O2/c1-19(2)16(22)20-9-14-5-7-18-21(14)11-15(10-20)23-12-13-4-3-6-17-8-13;3-2(4,5)1(6)7/h3-8,15H,9-12H2,1-2H3;(H,6,7). The molecule has 1 N–H and O–H groups in total. The second kappa shape index (κ2) is 10.1. The van der Waals surface area contributed by atoms with Crippen LogP contribution in [0, 0.1) is 0 Å². The molecule has 2 aromatic heterocycles. The number of urea groups is 1. The molecule has 0 saturated heterocycles. The molecule has 30 heavy (non-hydrogen) atoms. The predicted octanol–water partition coefficient (Wildman–Crippen LogP) is 1.99. The summed E-state index contributed by atoms with van der Waals surface area (Å²) in [5, 5.41) is 11.5. The number of pyridine rings is 1. The summed E-state index contributed by atoms with van der Waals surface area (Å²) in [6, 6.07) is 5.79. The van der Waals surface area contributed by atoms with Gasteiger partial charge < -0.3 is 19.6 Å². The third-order valence-electron chi connectivity index (χ3n) is 4.06. The first kappa shape index (κ1) is 23.1. The van der Waals surface area contributed by atoms with Gasteiger partial charge in [0, 0.05) is 32.7 Å². The number of aliphatic carboxylic acids is 1. The first-order chi connectivity index (χ1) is 14.1. The van der Waals surface area contributed by atoms with Crippen LogP contribution in [-0.2, 0) is 29.2 Å². The SMILES string of the molecule is CN(C)C(=O)N1Cc2ccnn2CC(OCc2cccnc2)C1.O=C(O)C(F)(F)F. The van der Waals surface area contributed by atoms with E-state index in [-0.39, 0.29) is 12.1 Å². The number of carboxylic acids is 1. The fraction of sp³-hybridized carbons (Fsp3) is 0.444. The number of rotatable bonds is 3. The van der Waals surface area contributed by atoms with Crippen molar-refractivity contribution in [1.82, 2.24) is 24.6 Å². The Kier molecular flexibility index (Phi) is 7.75. The number of carboxylic acid groups (broad SMARTS) is 1. The molecular formula is C18H22F3N5O4. The first-order valence-corrected chi connectivity index (χ1v) is 8.85. The average molecular weight is 429 g/mol. The highest BCUT2D eigenvalue weighted by Gasteiger charge is 2.38. The predicted molar refractivity (Wildman–Crippen MR) is 98.2 cm³/mol. The third kappa shape index (κ3) is 6.72. The molecule has 1 aliphatic heterocycles. The maximum absolute atomic E-state index is 12.4. The molecule has 0 bridgehead atoms. The Balaban J connectivity index is 0.000000396. The minimum Gasteiger partial charge on any atom is -0.475 e. The lowest BCUT2D eigenvalue weighted by atomic mass is 10.3. The number of amides is 2. The molecule has 0 spiro atoms. The number of hydrogen-bond donors (Lipinski definition) is 1. The molecule has 0 saturated carbocycles. The van der Waals surface area contributed by atoms with Gasteiger partial charge in [-0.2, -0.15) is 18.3 Å². The van der Waals surface area contributed by atoms with Gasteiger partial charge in [0.1, 0.15) is 0 Å². The number of aromatic nitrogens is 3. The van der Waals surface area contributed by atoms with Gasteiger partial charge in [-0.1, -0.05) is 6.07 Å². The van der Waals surface area contributed by atoms with Gasteiger partial charge in [-0.25, -0.2) is 9.59 Å². The monoisotopic (exact) mass is 429 g/mol. The lowest BCUT2D eigenvalue weighted by Gasteiger charge is -2.27. The zero-order chi connectivity index (χ0) is 22.3. The second-order valence-corrected chi connectivity index (χ2v) is 6.66. The Morgan fingerprint density at radius 2 is 1.97 bits per heavy atom. The molecule has 3 heterocycles. The van der Waals surface area contributed by atoms with Gasteiger partial charge in [0.2, 0.25) is 0 Å². The van der Waals surface area contributed by atoms with Crippen molar-refractivity contribution in [3.63, 3.8) is 0 Å². The average Bonchev–Trinajstić information content (AvgIpc) is 3.04. The summed E-state index contributed by atoms with van der Waals surface area (Å²) in [4.78, 5) is 28.7. The summed E-state index contributed by atoms with van der Waals surface area (Å²) in [5.74, 6) is -2.76. The van der Waals surface area contributed by atoms with Crippen molar-refractivity contribution >= 4 is 12.0 Å². The van der Waals surface area contributed by atoms with Crippen LogP contribution in [0.5, 0.6) is 0 Å². The van der Waals surface area contributed by atoms with Gasteiger partial charge in [-0.15, -0.1) is 0 Å². The van der Waals surface area contributed by atoms with E-state index in [0.717, 1.165) is 11.3 Å². The Bertz CT molecular complexity index is 842. The largest absolute Gasteiger partial charge is 0.490 e. The number of halogens is 3. The summed E-state index contributed by atoms with van der Waals surface area (Å²) in [6.45, 7) is 2.20. The zero-order valence-electron chi connectivity index (χ0n) is 16.4. The number of carbonyl (C=O) groups excluding carboxylic acids is 1. The molecule has 1 unspecified atom stereocenters. The molecule has 12 heteroatoms. The van der Waals surface area contributed by atoms with E-state index in [9.17, 15) is 18.0 Å². The van der Waals surface area contributed by atoms with E-state index in [2.05, 4.69) is 10.1 Å². The van der Waals surface area contributed by atoms with Crippen LogP contribution in [0.25, 0.3) is 0 Å². The second-order valence-electron chi connectivity index (χ2n) is 6.66. The number of hydrogen-bond acceptors (Lipinski definition) is 5. The molecular weight excluding hydrogens is 407 g/mol. The maximum Gasteiger partial charge on any atom is 0.490 e. The van der Waals surface area contributed by atoms with Crippen molar-refractivity contribution in [3.8, 4) is 0 Å². The van der Waals surface area contributed by atoms with Gasteiger partial charge in [0.15, 0.2) is 0 Å². The van der Waals surface area contributed by atoms with Crippen molar-refractivity contribution in [1.29, 1.82) is 0 Å². The van der Waals surface area contributed by atoms with Crippen LogP contribution >= 0.6 is 0 Å². The third-order valence-corrected chi connectivity index (χ3v) is 4.06. The molecule has 2 amide bonds. The Labute approximate surface area is 170 Å². The molecule has 164 valence electrons. The minimum atomic E-state index is -5.08. The molecule has 1 atom stereocenters. The van der Waals surface area contributed by atoms with Crippen LogP contribution in [0.4, 0.5) is 18.0 Å². The van der Waals surface area contributed by atoms with E-state index in [1.54, 1.807) is 42.5 Å². The lowest BCUT2D eigenvalue weighted by Crippen LogP contribution is -2.42. The van der Waals surface area contributed by atoms with Gasteiger partial charge in [0.05, 0.1) is 38.0 Å². The summed E-state index contributed by atoms with van der Waals surface area (Å²) >= 11 is 0. The molecule has 0 radical (unpaired) electrons. The van der Waals surface area contributed by atoms with Crippen LogP contribution in [0.1, 0.15) is 11.3 Å². The van der Waals surface area contributed by atoms with Crippen molar-refractivity contribution in [2.24, 2.45) is 0 Å². The smallest absolute Gasteiger partial charge is 0.475 e. The van der Waals surface area contributed by atoms with Crippen molar-refractivity contribution in [2.45, 2.75) is 32.0 Å². The number of ether oxygens (including phenoxy) is 1. The van der Waals surface area contributed by atoms with Gasteiger partial charge in [-0.3, -0.25) is 9.67 Å². The normalized spacial score (nSPS) is 16.0. The quantitative estimate of drug-likeness (QED) is 0.801. The minimum absolute atomic E-state index is 0.0189. The Morgan fingerprint density at radius 1 is 1.27 bits per heavy atom. The first-order valence-electron chi connectivity index (χ1n) is 8.85. The highest BCUT2D eigenvalue weighted by molar-refractivity contribution is 5.74. The highest BCUT2D eigenvalue weighted by Crippen LogP contribution is 2.16. The number of alkyl halides is 3. The van der Waals surface area contributed by atoms with Gasteiger partial charge in [-0.05, 0) is 17.7 Å². The van der Waals surface area contributed by atoms with Crippen molar-refractivity contribution in [3.05, 3.63) is 48.0 Å². The topological polar surface area (TPSA) is 101 Å². The fourth-order valence-electron chi connectivity index (χ4n) is 2.65. The van der Waals surface area contributed by atoms with E-state index in [1.807, 2.05) is 22.9 Å². The zero-order valence-corrected chi connectivity index (χ0v) is 16.4. The van der Waals surface area contributed by atoms with Crippen LogP contribution in [0.15, 0.2) is 36.8 Å². The van der Waals surface area contributed by atoms with Gasteiger partial charge in [0.25, 0.3) is 0 Å². The number of nitrogens with zero attached hydrogens (tertiary/aromatic N) is 5. The molecule has 0 fully saturated rings. The molecule has 0 aromatic carbocycles. The van der Waals surface area contributed by atoms with Crippen LogP contribution < -0.4 is 0 Å². The van der Waals surface area contributed by atoms with Crippen LogP contribution in [-0.4, -0.2) is 74.6 Å². The summed E-state index contributed by atoms with van der Waals surface area (Å²) in [5.41, 5.74) is 2.04. The number of carbonyl (C=O) groups is 2. The summed E-state index contributed by atoms with van der Waals surface area (Å²) in [7, 11) is 3.52. The Morgan fingerprint density at radius 3 is 2.53 bits per heavy atom. The molecule has 0 aliphatic carbocycles. The van der Waals surface area contributed by atoms with Crippen LogP contribution in [0.2, 0.25) is 0 Å². The lowest BCUT2D eigenvalue weighted by molar-refractivity contribution is -0.192. The summed E-state index contributed by atoms with van der Waals surface area (Å²) in [6.07, 6.45) is 0.0961. The highest BCUT2D eigenvalue weighted by atomic mass is 19.4. The maximum atomic E-state index is 12.4. The van der Waals surface area contributed by atoms with E-state index < -0.39 is 12.1 Å². The van der Waals surface area contributed by atoms with Crippen molar-refractivity contribution in [2.75, 3.05) is 20.6 Å². The van der Waals surface area contributed by atoms with E-state index >= 15 is 0 Å². The molecule has 3 rings (SSSR count). The van der Waals surface area contributed by atoms with Crippen LogP contribution in [0.3, 0.4) is 0 Å². The molecule has 9 nitrogen and oxygen atoms in total. The molecule has 1 aliphatic rings. The Hall–Kier alpha value is -3.15. The summed E-state index contributed by atoms with van der Waals surface area (Å²) < 4.78 is 39.7. The molecule has 2 aromatic rings. The fourth-order valence-corrected chi connectivity index (χ4v) is 2.65. The van der Waals surface area contributed by atoms with E-state index in [4.69, 9.17) is 14.6 Å². The number of fused-ring (bicyclic) bond motifs is 1. The van der Waals surface area contributed by atoms with Crippen molar-refractivity contribution < 1.29 is 32.6 Å². The van der Waals surface area contributed by atoms with E-state index in [1.165, 1.54) is 0 Å². The van der Waals surface area contributed by atoms with E-state index in [0.29, 0.717) is 26.2 Å².